The van der Waals surface area contributed by atoms with Crippen LogP contribution < -0.4 is 4.84 Å². The van der Waals surface area contributed by atoms with Crippen molar-refractivity contribution in [3.63, 3.8) is 0 Å². The van der Waals surface area contributed by atoms with Gasteiger partial charge in [0.1, 0.15) is 0 Å². The number of carbonyl (C=O) groups is 1. The first-order chi connectivity index (χ1) is 6.27. The molecular weight excluding hydrogens is 190 g/mol. The molecule has 0 saturated carbocycles. The molecule has 0 atom stereocenters. The summed E-state index contributed by atoms with van der Waals surface area (Å²) in [5, 5.41) is 0. The molecule has 0 saturated heterocycles. The van der Waals surface area contributed by atoms with Crippen LogP contribution >= 0.6 is 11.8 Å². The first-order valence-corrected chi connectivity index (χ1v) is 4.29. The van der Waals surface area contributed by atoms with Gasteiger partial charge in [0.2, 0.25) is 0 Å². The van der Waals surface area contributed by atoms with Crippen molar-refractivity contribution in [2.75, 3.05) is 11.4 Å². The van der Waals surface area contributed by atoms with Gasteiger partial charge in [0.05, 0.1) is 12.2 Å². The lowest BCUT2D eigenvalue weighted by atomic mass is 10.2. The third-order valence-corrected chi connectivity index (χ3v) is 1.72. The van der Waals surface area contributed by atoms with Crippen molar-refractivity contribution >= 4 is 23.4 Å². The molecule has 4 heteroatoms. The summed E-state index contributed by atoms with van der Waals surface area (Å²) in [4.78, 5) is 13.6. The summed E-state index contributed by atoms with van der Waals surface area (Å²) in [6, 6.07) is 6.73. The second kappa shape index (κ2) is 4.72. The van der Waals surface area contributed by atoms with Crippen molar-refractivity contribution < 1.29 is 9.53 Å². The fraction of sp³-hybridized carbons (Fsp3) is 0.222. The van der Waals surface area contributed by atoms with Gasteiger partial charge in [0, 0.05) is 17.5 Å². The fourth-order valence-corrected chi connectivity index (χ4v) is 1.01. The molecule has 70 valence electrons. The van der Waals surface area contributed by atoms with E-state index in [1.54, 1.807) is 31.2 Å². The van der Waals surface area contributed by atoms with E-state index in [9.17, 15) is 4.79 Å². The van der Waals surface area contributed by atoms with Crippen molar-refractivity contribution in [2.45, 2.75) is 6.92 Å². The maximum absolute atomic E-state index is 11.2. The number of carbonyl (C=O) groups excluding carboxylic acids is 1. The Labute approximate surface area is 81.8 Å². The van der Waals surface area contributed by atoms with Crippen LogP contribution in [-0.2, 0) is 4.74 Å². The number of halogens is 1. The monoisotopic (exact) mass is 199 g/mol. The standard InChI is InChI=1S/C9H10ClNO2/c1-2-13-9(12)7-3-5-8(11-10)6-4-7/h3-6,11H,2H2,1H3. The molecule has 13 heavy (non-hydrogen) atoms. The summed E-state index contributed by atoms with van der Waals surface area (Å²) < 4.78 is 4.81. The molecule has 0 aromatic heterocycles. The number of ether oxygens (including phenoxy) is 1. The molecular formula is C9H10ClNO2. The van der Waals surface area contributed by atoms with Crippen LogP contribution in [0.5, 0.6) is 0 Å². The Morgan fingerprint density at radius 1 is 1.46 bits per heavy atom. The van der Waals surface area contributed by atoms with Crippen LogP contribution in [-0.4, -0.2) is 12.6 Å². The highest BCUT2D eigenvalue weighted by Gasteiger charge is 2.04. The van der Waals surface area contributed by atoms with Crippen molar-refractivity contribution in [3.05, 3.63) is 29.8 Å². The summed E-state index contributed by atoms with van der Waals surface area (Å²) in [5.41, 5.74) is 1.27. The predicted molar refractivity (Wildman–Crippen MR) is 51.9 cm³/mol. The zero-order valence-electron chi connectivity index (χ0n) is 7.21. The molecule has 1 aromatic rings. The summed E-state index contributed by atoms with van der Waals surface area (Å²) in [5.74, 6) is -0.316. The van der Waals surface area contributed by atoms with Gasteiger partial charge in [0.25, 0.3) is 0 Å². The molecule has 0 radical (unpaired) electrons. The number of anilines is 1. The summed E-state index contributed by atoms with van der Waals surface area (Å²) in [7, 11) is 0. The molecule has 0 bridgehead atoms. The molecule has 1 rings (SSSR count). The lowest BCUT2D eigenvalue weighted by molar-refractivity contribution is 0.0526. The molecule has 1 N–H and O–H groups in total. The molecule has 0 aliphatic rings. The van der Waals surface area contributed by atoms with Crippen LogP contribution in [0.4, 0.5) is 5.69 Å². The van der Waals surface area contributed by atoms with Gasteiger partial charge in [-0.2, -0.15) is 0 Å². The number of nitrogens with one attached hydrogen (secondary N) is 1. The van der Waals surface area contributed by atoms with Gasteiger partial charge in [0.15, 0.2) is 0 Å². The van der Waals surface area contributed by atoms with E-state index in [2.05, 4.69) is 4.84 Å². The molecule has 0 unspecified atom stereocenters. The predicted octanol–water partition coefficient (Wildman–Crippen LogP) is 2.43. The first kappa shape index (κ1) is 9.86. The molecule has 0 aliphatic carbocycles. The maximum atomic E-state index is 11.2. The highest BCUT2D eigenvalue weighted by atomic mass is 35.5. The zero-order chi connectivity index (χ0) is 9.68. The minimum Gasteiger partial charge on any atom is -0.462 e. The maximum Gasteiger partial charge on any atom is 0.338 e. The molecule has 0 heterocycles. The van der Waals surface area contributed by atoms with E-state index in [0.717, 1.165) is 5.69 Å². The van der Waals surface area contributed by atoms with Crippen molar-refractivity contribution in [3.8, 4) is 0 Å². The number of benzene rings is 1. The second-order valence-corrected chi connectivity index (χ2v) is 2.58. The normalized spacial score (nSPS) is 9.38. The van der Waals surface area contributed by atoms with Gasteiger partial charge < -0.3 is 4.74 Å². The van der Waals surface area contributed by atoms with Crippen LogP contribution in [0.25, 0.3) is 0 Å². The summed E-state index contributed by atoms with van der Waals surface area (Å²) in [6.45, 7) is 2.15. The molecule has 0 spiro atoms. The third-order valence-electron chi connectivity index (χ3n) is 1.51. The van der Waals surface area contributed by atoms with Crippen molar-refractivity contribution in [1.29, 1.82) is 0 Å². The van der Waals surface area contributed by atoms with Gasteiger partial charge in [-0.3, -0.25) is 4.84 Å². The lowest BCUT2D eigenvalue weighted by Crippen LogP contribution is -2.03. The van der Waals surface area contributed by atoms with E-state index in [1.165, 1.54) is 0 Å². The Balaban J connectivity index is 2.74. The van der Waals surface area contributed by atoms with Gasteiger partial charge in [-0.25, -0.2) is 4.79 Å². The average Bonchev–Trinajstić information content (AvgIpc) is 2.18. The topological polar surface area (TPSA) is 38.3 Å². The Bertz CT molecular complexity index is 284. The van der Waals surface area contributed by atoms with Crippen molar-refractivity contribution in [1.82, 2.24) is 0 Å². The minimum absolute atomic E-state index is 0.316. The largest absolute Gasteiger partial charge is 0.462 e. The van der Waals surface area contributed by atoms with E-state index in [1.807, 2.05) is 0 Å². The average molecular weight is 200 g/mol. The SMILES string of the molecule is CCOC(=O)c1ccc(NCl)cc1. The quantitative estimate of drug-likeness (QED) is 0.600. The minimum atomic E-state index is -0.316. The highest BCUT2D eigenvalue weighted by molar-refractivity contribution is 6.23. The third kappa shape index (κ3) is 2.63. The van der Waals surface area contributed by atoms with Crippen molar-refractivity contribution in [2.24, 2.45) is 0 Å². The van der Waals surface area contributed by atoms with Gasteiger partial charge >= 0.3 is 5.97 Å². The van der Waals surface area contributed by atoms with Gasteiger partial charge in [-0.15, -0.1) is 0 Å². The van der Waals surface area contributed by atoms with Crippen LogP contribution in [0.3, 0.4) is 0 Å². The second-order valence-electron chi connectivity index (χ2n) is 2.39. The Hall–Kier alpha value is -1.22. The van der Waals surface area contributed by atoms with E-state index < -0.39 is 0 Å². The van der Waals surface area contributed by atoms with Crippen LogP contribution in [0, 0.1) is 0 Å². The lowest BCUT2D eigenvalue weighted by Gasteiger charge is -2.02. The van der Waals surface area contributed by atoms with Crippen LogP contribution in [0.15, 0.2) is 24.3 Å². The summed E-state index contributed by atoms with van der Waals surface area (Å²) in [6.07, 6.45) is 0. The number of hydrogen-bond donors (Lipinski definition) is 1. The number of hydrogen-bond acceptors (Lipinski definition) is 3. The van der Waals surface area contributed by atoms with E-state index in [4.69, 9.17) is 16.5 Å². The first-order valence-electron chi connectivity index (χ1n) is 3.91. The Morgan fingerprint density at radius 3 is 2.54 bits per heavy atom. The van der Waals surface area contributed by atoms with Crippen LogP contribution in [0.2, 0.25) is 0 Å². The number of esters is 1. The summed E-state index contributed by atoms with van der Waals surface area (Å²) >= 11 is 5.35. The number of rotatable bonds is 3. The Kier molecular flexibility index (Phi) is 3.58. The molecule has 0 aliphatic heterocycles. The zero-order valence-corrected chi connectivity index (χ0v) is 7.97. The van der Waals surface area contributed by atoms with Crippen LogP contribution in [0.1, 0.15) is 17.3 Å². The van der Waals surface area contributed by atoms with E-state index >= 15 is 0 Å². The van der Waals surface area contributed by atoms with E-state index in [-0.39, 0.29) is 5.97 Å². The Morgan fingerprint density at radius 2 is 2.08 bits per heavy atom. The fourth-order valence-electron chi connectivity index (χ4n) is 0.884. The molecule has 0 fully saturated rings. The molecule has 0 amide bonds. The van der Waals surface area contributed by atoms with Gasteiger partial charge in [-0.1, -0.05) is 0 Å². The molecule has 1 aromatic carbocycles. The van der Waals surface area contributed by atoms with E-state index in [0.29, 0.717) is 12.2 Å². The van der Waals surface area contributed by atoms with Gasteiger partial charge in [-0.05, 0) is 31.2 Å². The highest BCUT2D eigenvalue weighted by Crippen LogP contribution is 2.10. The molecule has 3 nitrogen and oxygen atoms in total. The smallest absolute Gasteiger partial charge is 0.338 e.